The Balaban J connectivity index is 1.55. The third kappa shape index (κ3) is 4.18. The van der Waals surface area contributed by atoms with Crippen molar-refractivity contribution in [1.29, 1.82) is 0 Å². The van der Waals surface area contributed by atoms with Crippen LogP contribution >= 0.6 is 0 Å². The molecule has 0 N–H and O–H groups in total. The van der Waals surface area contributed by atoms with E-state index in [1.807, 2.05) is 38.7 Å². The van der Waals surface area contributed by atoms with E-state index in [2.05, 4.69) is 35.2 Å². The lowest BCUT2D eigenvalue weighted by molar-refractivity contribution is -0.126. The van der Waals surface area contributed by atoms with Gasteiger partial charge in [-0.2, -0.15) is 0 Å². The van der Waals surface area contributed by atoms with Gasteiger partial charge in [-0.1, -0.05) is 18.2 Å². The zero-order valence-electron chi connectivity index (χ0n) is 18.8. The van der Waals surface area contributed by atoms with Gasteiger partial charge in [0.05, 0.1) is 12.9 Å². The molecule has 162 valence electrons. The smallest absolute Gasteiger partial charge is 0.246 e. The van der Waals surface area contributed by atoms with E-state index in [0.717, 1.165) is 52.1 Å². The van der Waals surface area contributed by atoms with E-state index in [0.29, 0.717) is 19.7 Å². The molecule has 31 heavy (non-hydrogen) atoms. The van der Waals surface area contributed by atoms with Gasteiger partial charge in [0.15, 0.2) is 0 Å². The molecule has 2 aromatic carbocycles. The number of hydrogen-bond donors (Lipinski definition) is 0. The second-order valence-corrected chi connectivity index (χ2v) is 8.08. The number of amides is 1. The van der Waals surface area contributed by atoms with Crippen molar-refractivity contribution in [2.75, 3.05) is 37.7 Å². The molecule has 1 aromatic heterocycles. The Labute approximate surface area is 183 Å². The summed E-state index contributed by atoms with van der Waals surface area (Å²) in [5.74, 6) is 0.842. The standard InChI is InChI=1S/C26H30N2O3/c1-5-30-25-20(4)26-23(19(3)17-31-26)16-22(25)18(2)15-24(29)28-13-11-27(12-14-28)21-9-7-6-8-10-21/h6-10,15-17H,5,11-14H2,1-4H3/b18-15+. The zero-order chi connectivity index (χ0) is 22.0. The van der Waals surface area contributed by atoms with E-state index in [-0.39, 0.29) is 5.91 Å². The minimum atomic E-state index is 0.0503. The number of furan rings is 1. The van der Waals surface area contributed by atoms with Crippen LogP contribution in [-0.2, 0) is 4.79 Å². The number of para-hydroxylation sites is 1. The minimum absolute atomic E-state index is 0.0503. The molecule has 2 heterocycles. The second kappa shape index (κ2) is 8.88. The summed E-state index contributed by atoms with van der Waals surface area (Å²) in [5, 5.41) is 1.06. The van der Waals surface area contributed by atoms with Gasteiger partial charge in [0.1, 0.15) is 11.3 Å². The third-order valence-corrected chi connectivity index (χ3v) is 6.00. The Kier molecular flexibility index (Phi) is 6.03. The van der Waals surface area contributed by atoms with Crippen molar-refractivity contribution in [3.63, 3.8) is 0 Å². The highest BCUT2D eigenvalue weighted by Crippen LogP contribution is 2.37. The maximum absolute atomic E-state index is 13.0. The van der Waals surface area contributed by atoms with Crippen molar-refractivity contribution in [3.05, 3.63) is 65.4 Å². The van der Waals surface area contributed by atoms with Gasteiger partial charge in [-0.05, 0) is 57.0 Å². The molecule has 1 aliphatic rings. The van der Waals surface area contributed by atoms with Crippen molar-refractivity contribution >= 4 is 28.1 Å². The van der Waals surface area contributed by atoms with Crippen LogP contribution in [0.2, 0.25) is 0 Å². The summed E-state index contributed by atoms with van der Waals surface area (Å²) >= 11 is 0. The van der Waals surface area contributed by atoms with Crippen LogP contribution in [0.5, 0.6) is 5.75 Å². The first-order valence-corrected chi connectivity index (χ1v) is 10.9. The molecule has 0 radical (unpaired) electrons. The normalized spacial score (nSPS) is 14.9. The largest absolute Gasteiger partial charge is 0.493 e. The lowest BCUT2D eigenvalue weighted by atomic mass is 9.98. The van der Waals surface area contributed by atoms with Gasteiger partial charge in [0.2, 0.25) is 5.91 Å². The molecule has 4 rings (SSSR count). The van der Waals surface area contributed by atoms with E-state index >= 15 is 0 Å². The van der Waals surface area contributed by atoms with E-state index in [4.69, 9.17) is 9.15 Å². The Morgan fingerprint density at radius 1 is 1.13 bits per heavy atom. The molecule has 1 fully saturated rings. The minimum Gasteiger partial charge on any atom is -0.493 e. The van der Waals surface area contributed by atoms with E-state index in [9.17, 15) is 4.79 Å². The van der Waals surface area contributed by atoms with Gasteiger partial charge in [0, 0.05) is 54.5 Å². The van der Waals surface area contributed by atoms with Crippen molar-refractivity contribution in [1.82, 2.24) is 4.90 Å². The van der Waals surface area contributed by atoms with Gasteiger partial charge in [-0.25, -0.2) is 0 Å². The fourth-order valence-corrected chi connectivity index (χ4v) is 4.24. The monoisotopic (exact) mass is 418 g/mol. The average Bonchev–Trinajstić information content (AvgIpc) is 3.17. The van der Waals surface area contributed by atoms with Crippen LogP contribution in [0.3, 0.4) is 0 Å². The maximum Gasteiger partial charge on any atom is 0.246 e. The molecule has 5 nitrogen and oxygen atoms in total. The highest BCUT2D eigenvalue weighted by atomic mass is 16.5. The van der Waals surface area contributed by atoms with Crippen LogP contribution in [0.15, 0.2) is 53.2 Å². The molecule has 0 aliphatic carbocycles. The summed E-state index contributed by atoms with van der Waals surface area (Å²) in [5.41, 5.74) is 5.97. The molecule has 5 heteroatoms. The van der Waals surface area contributed by atoms with Crippen LogP contribution in [0.25, 0.3) is 16.5 Å². The summed E-state index contributed by atoms with van der Waals surface area (Å²) in [6.45, 7) is 11.7. The number of rotatable bonds is 5. The number of allylic oxidation sites excluding steroid dienone is 1. The third-order valence-electron chi connectivity index (χ3n) is 6.00. The van der Waals surface area contributed by atoms with Crippen LogP contribution in [-0.4, -0.2) is 43.6 Å². The fourth-order valence-electron chi connectivity index (χ4n) is 4.24. The van der Waals surface area contributed by atoms with E-state index in [1.54, 1.807) is 12.3 Å². The van der Waals surface area contributed by atoms with E-state index < -0.39 is 0 Å². The number of piperazine rings is 1. The van der Waals surface area contributed by atoms with Crippen LogP contribution in [0.1, 0.15) is 30.5 Å². The van der Waals surface area contributed by atoms with Crippen LogP contribution < -0.4 is 9.64 Å². The highest BCUT2D eigenvalue weighted by molar-refractivity contribution is 5.98. The molecule has 3 aromatic rings. The molecular formula is C26H30N2O3. The Morgan fingerprint density at radius 3 is 2.52 bits per heavy atom. The maximum atomic E-state index is 13.0. The molecule has 1 amide bonds. The van der Waals surface area contributed by atoms with Gasteiger partial charge in [-0.15, -0.1) is 0 Å². The first-order chi connectivity index (χ1) is 15.0. The SMILES string of the molecule is CCOc1c(/C(C)=C/C(=O)N2CCN(c3ccccc3)CC2)cc2c(C)coc2c1C. The molecule has 0 bridgehead atoms. The van der Waals surface area contributed by atoms with Gasteiger partial charge < -0.3 is 19.0 Å². The first-order valence-electron chi connectivity index (χ1n) is 10.9. The summed E-state index contributed by atoms with van der Waals surface area (Å²) in [4.78, 5) is 17.3. The van der Waals surface area contributed by atoms with Gasteiger partial charge in [0.25, 0.3) is 0 Å². The number of benzene rings is 2. The molecule has 1 aliphatic heterocycles. The number of nitrogens with zero attached hydrogens (tertiary/aromatic N) is 2. The summed E-state index contributed by atoms with van der Waals surface area (Å²) in [7, 11) is 0. The van der Waals surface area contributed by atoms with Crippen molar-refractivity contribution < 1.29 is 13.9 Å². The summed E-state index contributed by atoms with van der Waals surface area (Å²) in [6.07, 6.45) is 3.52. The first kappa shape index (κ1) is 21.0. The topological polar surface area (TPSA) is 45.9 Å². The van der Waals surface area contributed by atoms with Crippen LogP contribution in [0, 0.1) is 13.8 Å². The molecule has 1 saturated heterocycles. The number of aryl methyl sites for hydroxylation is 2. The van der Waals surface area contributed by atoms with E-state index in [1.165, 1.54) is 5.69 Å². The summed E-state index contributed by atoms with van der Waals surface area (Å²) < 4.78 is 11.7. The fraction of sp³-hybridized carbons (Fsp3) is 0.346. The number of ether oxygens (including phenoxy) is 1. The van der Waals surface area contributed by atoms with Gasteiger partial charge in [-0.3, -0.25) is 4.79 Å². The molecule has 0 saturated carbocycles. The number of carbonyl (C=O) groups is 1. The zero-order valence-corrected chi connectivity index (χ0v) is 18.8. The molecule has 0 unspecified atom stereocenters. The number of fused-ring (bicyclic) bond motifs is 1. The summed E-state index contributed by atoms with van der Waals surface area (Å²) in [6, 6.07) is 12.4. The van der Waals surface area contributed by atoms with Crippen molar-refractivity contribution in [2.24, 2.45) is 0 Å². The Bertz CT molecular complexity index is 1110. The predicted molar refractivity (Wildman–Crippen MR) is 126 cm³/mol. The second-order valence-electron chi connectivity index (χ2n) is 8.08. The Morgan fingerprint density at radius 2 is 1.84 bits per heavy atom. The molecular weight excluding hydrogens is 388 g/mol. The highest BCUT2D eigenvalue weighted by Gasteiger charge is 2.22. The lowest BCUT2D eigenvalue weighted by Crippen LogP contribution is -2.48. The quantitative estimate of drug-likeness (QED) is 0.534. The number of carbonyl (C=O) groups excluding carboxylic acids is 1. The predicted octanol–water partition coefficient (Wildman–Crippen LogP) is 5.20. The van der Waals surface area contributed by atoms with Crippen molar-refractivity contribution in [3.8, 4) is 5.75 Å². The van der Waals surface area contributed by atoms with Crippen LogP contribution in [0.4, 0.5) is 5.69 Å². The average molecular weight is 419 g/mol. The number of hydrogen-bond acceptors (Lipinski definition) is 4. The van der Waals surface area contributed by atoms with Crippen molar-refractivity contribution in [2.45, 2.75) is 27.7 Å². The van der Waals surface area contributed by atoms with Gasteiger partial charge >= 0.3 is 0 Å². The Hall–Kier alpha value is -3.21. The number of anilines is 1. The molecule has 0 spiro atoms. The molecule has 0 atom stereocenters. The lowest BCUT2D eigenvalue weighted by Gasteiger charge is -2.35.